The van der Waals surface area contributed by atoms with Gasteiger partial charge in [0.25, 0.3) is 5.24 Å². The largest absolute Gasteiger partial charge is 0.386 e. The summed E-state index contributed by atoms with van der Waals surface area (Å²) >= 11 is 11.2. The molecular formula is C12H24N2O4S7. The lowest BCUT2D eigenvalue weighted by atomic mass is 11.0. The Bertz CT molecular complexity index is 330. The maximum Gasteiger partial charge on any atom is 0.280 e. The van der Waals surface area contributed by atoms with Gasteiger partial charge < -0.3 is 15.3 Å². The number of hydrogen-bond donors (Lipinski definition) is 2. The maximum atomic E-state index is 11.5. The summed E-state index contributed by atoms with van der Waals surface area (Å²) in [5.74, 6) is 2.90. The lowest BCUT2D eigenvalue weighted by molar-refractivity contribution is -0.196. The van der Waals surface area contributed by atoms with E-state index in [4.69, 9.17) is 14.9 Å². The number of carbonyl (C=O) groups is 1. The van der Waals surface area contributed by atoms with E-state index in [2.05, 4.69) is 17.2 Å². The number of aliphatic hydroxyl groups is 1. The predicted octanol–water partition coefficient (Wildman–Crippen LogP) is 4.48. The van der Waals surface area contributed by atoms with Crippen molar-refractivity contribution < 1.29 is 19.7 Å². The Morgan fingerprint density at radius 1 is 1.08 bits per heavy atom. The van der Waals surface area contributed by atoms with Crippen LogP contribution in [0.4, 0.5) is 4.79 Å². The Hall–Kier alpha value is 1.31. The molecule has 0 aliphatic rings. The zero-order valence-electron chi connectivity index (χ0n) is 13.9. The van der Waals surface area contributed by atoms with Crippen LogP contribution in [-0.2, 0) is 9.78 Å². The van der Waals surface area contributed by atoms with Gasteiger partial charge in [0.05, 0.1) is 17.7 Å². The Labute approximate surface area is 179 Å². The van der Waals surface area contributed by atoms with Crippen LogP contribution in [0.25, 0.3) is 0 Å². The normalized spacial score (nSPS) is 11.1. The summed E-state index contributed by atoms with van der Waals surface area (Å²) in [5.41, 5.74) is 0. The second-order valence-corrected chi connectivity index (χ2v) is 12.1. The van der Waals surface area contributed by atoms with Crippen LogP contribution >= 0.6 is 82.3 Å². The standard InChI is InChI=1S/C12H24N2O4S7/c1-2-19-7-18-17-3-13-4-20-8-23-9-21-5-14-12(16)25-11-24-10-22-6-15/h3,15H,2,4-11H2,1H3,(H,14,16)/b13-3+. The molecular weight excluding hydrogens is 461 g/mol. The molecule has 6 nitrogen and oxygen atoms in total. The molecule has 0 aliphatic heterocycles. The van der Waals surface area contributed by atoms with Crippen molar-refractivity contribution in [3.8, 4) is 0 Å². The molecule has 0 heterocycles. The van der Waals surface area contributed by atoms with Crippen molar-refractivity contribution in [1.82, 2.24) is 5.32 Å². The number of aliphatic imine (C=N–C) groups is 1. The molecule has 1 amide bonds. The summed E-state index contributed by atoms with van der Waals surface area (Å²) in [4.78, 5) is 25.2. The number of amides is 1. The zero-order valence-corrected chi connectivity index (χ0v) is 19.6. The van der Waals surface area contributed by atoms with Gasteiger partial charge in [-0.3, -0.25) is 4.79 Å². The zero-order chi connectivity index (χ0) is 18.4. The number of hydrogen-bond acceptors (Lipinski definition) is 12. The SMILES string of the molecule is CCSCOO/C=N/CSCSCSCNC(=O)SCSCSCO. The molecule has 0 radical (unpaired) electrons. The molecule has 0 saturated carbocycles. The highest BCUT2D eigenvalue weighted by Gasteiger charge is 2.01. The van der Waals surface area contributed by atoms with Gasteiger partial charge in [0, 0.05) is 20.3 Å². The lowest BCUT2D eigenvalue weighted by Crippen LogP contribution is -2.17. The van der Waals surface area contributed by atoms with Crippen molar-refractivity contribution in [3.05, 3.63) is 0 Å². The molecule has 0 aromatic carbocycles. The van der Waals surface area contributed by atoms with Crippen molar-refractivity contribution >= 4 is 94.0 Å². The minimum atomic E-state index is 0.00210. The van der Waals surface area contributed by atoms with Crippen molar-refractivity contribution in [2.24, 2.45) is 4.99 Å². The molecule has 0 fully saturated rings. The second-order valence-electron chi connectivity index (χ2n) is 3.62. The average molecular weight is 485 g/mol. The smallest absolute Gasteiger partial charge is 0.280 e. The number of nitrogens with one attached hydrogen (secondary N) is 1. The molecule has 0 bridgehead atoms. The first-order valence-corrected chi connectivity index (χ1v) is 15.0. The summed E-state index contributed by atoms with van der Waals surface area (Å²) in [6.07, 6.45) is 1.33. The third-order valence-corrected chi connectivity index (χ3v) is 8.95. The predicted molar refractivity (Wildman–Crippen MR) is 124 cm³/mol. The van der Waals surface area contributed by atoms with E-state index in [9.17, 15) is 4.79 Å². The van der Waals surface area contributed by atoms with E-state index < -0.39 is 0 Å². The third kappa shape index (κ3) is 23.3. The molecule has 13 heteroatoms. The molecule has 0 aromatic heterocycles. The van der Waals surface area contributed by atoms with Crippen LogP contribution in [0.5, 0.6) is 0 Å². The summed E-state index contributed by atoms with van der Waals surface area (Å²) < 4.78 is 0. The van der Waals surface area contributed by atoms with Gasteiger partial charge in [-0.1, -0.05) is 18.7 Å². The van der Waals surface area contributed by atoms with Crippen LogP contribution in [0.15, 0.2) is 4.99 Å². The molecule has 0 unspecified atom stereocenters. The topological polar surface area (TPSA) is 80.2 Å². The van der Waals surface area contributed by atoms with Crippen LogP contribution in [0.3, 0.4) is 0 Å². The Morgan fingerprint density at radius 3 is 2.64 bits per heavy atom. The molecule has 0 aliphatic carbocycles. The van der Waals surface area contributed by atoms with Gasteiger partial charge in [-0.25, -0.2) is 4.99 Å². The van der Waals surface area contributed by atoms with Crippen LogP contribution in [0, 0.1) is 0 Å². The van der Waals surface area contributed by atoms with Crippen LogP contribution in [0.2, 0.25) is 0 Å². The monoisotopic (exact) mass is 484 g/mol. The first-order chi connectivity index (χ1) is 12.3. The van der Waals surface area contributed by atoms with E-state index in [0.29, 0.717) is 22.8 Å². The first-order valence-electron chi connectivity index (χ1n) is 7.05. The van der Waals surface area contributed by atoms with E-state index in [0.717, 1.165) is 21.0 Å². The van der Waals surface area contributed by atoms with Crippen LogP contribution < -0.4 is 5.32 Å². The maximum absolute atomic E-state index is 11.5. The van der Waals surface area contributed by atoms with Gasteiger partial charge in [0.2, 0.25) is 6.40 Å². The Balaban J connectivity index is 3.17. The lowest BCUT2D eigenvalue weighted by Gasteiger charge is -2.04. The number of thioether (sulfide) groups is 7. The highest BCUT2D eigenvalue weighted by atomic mass is 32.2. The van der Waals surface area contributed by atoms with Crippen molar-refractivity contribution in [2.75, 3.05) is 49.7 Å². The molecule has 25 heavy (non-hydrogen) atoms. The number of aliphatic hydroxyl groups excluding tert-OH is 1. The van der Waals surface area contributed by atoms with Gasteiger partial charge in [-0.15, -0.1) is 70.6 Å². The fraction of sp³-hybridized carbons (Fsp3) is 0.833. The quantitative estimate of drug-likeness (QED) is 0.0722. The third-order valence-electron chi connectivity index (χ3n) is 1.87. The van der Waals surface area contributed by atoms with Gasteiger partial charge in [0.15, 0.2) is 0 Å². The highest BCUT2D eigenvalue weighted by Crippen LogP contribution is 2.19. The van der Waals surface area contributed by atoms with E-state index in [1.54, 1.807) is 58.8 Å². The van der Waals surface area contributed by atoms with Crippen molar-refractivity contribution in [3.63, 3.8) is 0 Å². The fourth-order valence-electron chi connectivity index (χ4n) is 0.906. The fourth-order valence-corrected chi connectivity index (χ4v) is 6.74. The first kappa shape index (κ1) is 26.3. The molecule has 0 atom stereocenters. The van der Waals surface area contributed by atoms with E-state index in [1.165, 1.54) is 29.9 Å². The minimum Gasteiger partial charge on any atom is -0.386 e. The van der Waals surface area contributed by atoms with E-state index in [-0.39, 0.29) is 11.2 Å². The molecule has 0 rings (SSSR count). The van der Waals surface area contributed by atoms with Gasteiger partial charge in [-0.2, -0.15) is 4.89 Å². The molecule has 148 valence electrons. The Morgan fingerprint density at radius 2 is 1.84 bits per heavy atom. The number of carbonyl (C=O) groups excluding carboxylic acids is 1. The van der Waals surface area contributed by atoms with Crippen LogP contribution in [0.1, 0.15) is 6.92 Å². The second kappa shape index (κ2) is 23.3. The van der Waals surface area contributed by atoms with Crippen molar-refractivity contribution in [2.45, 2.75) is 6.92 Å². The molecule has 0 saturated heterocycles. The van der Waals surface area contributed by atoms with E-state index >= 15 is 0 Å². The van der Waals surface area contributed by atoms with Gasteiger partial charge in [-0.05, 0) is 5.75 Å². The highest BCUT2D eigenvalue weighted by molar-refractivity contribution is 8.27. The van der Waals surface area contributed by atoms with Gasteiger partial charge >= 0.3 is 0 Å². The van der Waals surface area contributed by atoms with Gasteiger partial charge in [0.1, 0.15) is 5.94 Å². The van der Waals surface area contributed by atoms with Crippen LogP contribution in [-0.4, -0.2) is 66.5 Å². The molecule has 0 spiro atoms. The van der Waals surface area contributed by atoms with E-state index in [1.807, 2.05) is 0 Å². The summed E-state index contributed by atoms with van der Waals surface area (Å²) in [6, 6.07) is 0. The van der Waals surface area contributed by atoms with Crippen molar-refractivity contribution in [1.29, 1.82) is 0 Å². The molecule has 0 aromatic rings. The number of nitrogens with zero attached hydrogens (tertiary/aromatic N) is 1. The Kier molecular flexibility index (Phi) is 24.6. The summed E-state index contributed by atoms with van der Waals surface area (Å²) in [6.45, 7) is 2.06. The minimum absolute atomic E-state index is 0.00210. The number of rotatable bonds is 18. The average Bonchev–Trinajstić information content (AvgIpc) is 2.62. The molecule has 2 N–H and O–H groups in total. The summed E-state index contributed by atoms with van der Waals surface area (Å²) in [5, 5.41) is 14.9. The summed E-state index contributed by atoms with van der Waals surface area (Å²) in [7, 11) is 0.